The third-order valence-electron chi connectivity index (χ3n) is 2.19. The van der Waals surface area contributed by atoms with Crippen molar-refractivity contribution in [2.24, 2.45) is 0 Å². The van der Waals surface area contributed by atoms with E-state index in [1.54, 1.807) is 44.3 Å². The molecule has 0 bridgehead atoms. The van der Waals surface area contributed by atoms with Crippen LogP contribution in [0.3, 0.4) is 0 Å². The Morgan fingerprint density at radius 2 is 1.94 bits per heavy atom. The molecular formula is C13H15ClN2O2. The molecule has 4 nitrogen and oxygen atoms in total. The standard InChI is InChI=1S/C13H15ClN2O2/c1-3-4-13(18)16(2)9-12(17)15-11-7-5-10(14)6-8-11/h3-8H,9H2,1-2H3,(H,15,17)/b4-3-. The molecule has 0 saturated heterocycles. The largest absolute Gasteiger partial charge is 0.333 e. The predicted octanol–water partition coefficient (Wildman–Crippen LogP) is 2.31. The maximum absolute atomic E-state index is 11.7. The minimum absolute atomic E-state index is 0.00575. The van der Waals surface area contributed by atoms with Gasteiger partial charge in [-0.05, 0) is 37.3 Å². The molecule has 5 heteroatoms. The van der Waals surface area contributed by atoms with E-state index in [0.717, 1.165) is 0 Å². The SMILES string of the molecule is C/C=C\C(=O)N(C)CC(=O)Nc1ccc(Cl)cc1. The van der Waals surface area contributed by atoms with Gasteiger partial charge in [0, 0.05) is 17.8 Å². The maximum atomic E-state index is 11.7. The molecule has 0 radical (unpaired) electrons. The summed E-state index contributed by atoms with van der Waals surface area (Å²) in [6.07, 6.45) is 3.05. The summed E-state index contributed by atoms with van der Waals surface area (Å²) in [6.45, 7) is 1.76. The summed E-state index contributed by atoms with van der Waals surface area (Å²) in [7, 11) is 1.57. The fourth-order valence-corrected chi connectivity index (χ4v) is 1.42. The summed E-state index contributed by atoms with van der Waals surface area (Å²) >= 11 is 5.74. The molecule has 0 spiro atoms. The highest BCUT2D eigenvalue weighted by molar-refractivity contribution is 6.30. The lowest BCUT2D eigenvalue weighted by molar-refractivity contribution is -0.129. The number of nitrogens with one attached hydrogen (secondary N) is 1. The molecule has 0 aliphatic heterocycles. The first kappa shape index (κ1) is 14.3. The second-order valence-corrected chi connectivity index (χ2v) is 4.19. The molecule has 0 unspecified atom stereocenters. The summed E-state index contributed by atoms with van der Waals surface area (Å²) in [6, 6.07) is 6.78. The lowest BCUT2D eigenvalue weighted by Gasteiger charge is -2.14. The Morgan fingerprint density at radius 3 is 2.50 bits per heavy atom. The van der Waals surface area contributed by atoms with Gasteiger partial charge in [0.25, 0.3) is 0 Å². The van der Waals surface area contributed by atoms with Crippen molar-refractivity contribution in [2.75, 3.05) is 18.9 Å². The van der Waals surface area contributed by atoms with E-state index < -0.39 is 0 Å². The topological polar surface area (TPSA) is 49.4 Å². The van der Waals surface area contributed by atoms with Gasteiger partial charge in [-0.15, -0.1) is 0 Å². The molecule has 0 aliphatic carbocycles. The lowest BCUT2D eigenvalue weighted by atomic mass is 10.3. The number of nitrogens with zero attached hydrogens (tertiary/aromatic N) is 1. The van der Waals surface area contributed by atoms with E-state index in [4.69, 9.17) is 11.6 Å². The van der Waals surface area contributed by atoms with Crippen molar-refractivity contribution in [2.45, 2.75) is 6.92 Å². The molecule has 0 fully saturated rings. The van der Waals surface area contributed by atoms with Crippen molar-refractivity contribution in [3.63, 3.8) is 0 Å². The Hall–Kier alpha value is -1.81. The zero-order valence-corrected chi connectivity index (χ0v) is 11.1. The van der Waals surface area contributed by atoms with Gasteiger partial charge in [0.05, 0.1) is 6.54 Å². The van der Waals surface area contributed by atoms with Gasteiger partial charge < -0.3 is 10.2 Å². The number of likely N-dealkylation sites (N-methyl/N-ethyl adjacent to an activating group) is 1. The van der Waals surface area contributed by atoms with E-state index >= 15 is 0 Å². The first-order valence-electron chi connectivity index (χ1n) is 5.46. The maximum Gasteiger partial charge on any atom is 0.246 e. The summed E-state index contributed by atoms with van der Waals surface area (Å²) in [5, 5.41) is 3.29. The van der Waals surface area contributed by atoms with Crippen LogP contribution in [-0.4, -0.2) is 30.3 Å². The van der Waals surface area contributed by atoms with Crippen molar-refractivity contribution >= 4 is 29.1 Å². The average molecular weight is 267 g/mol. The highest BCUT2D eigenvalue weighted by Gasteiger charge is 2.10. The lowest BCUT2D eigenvalue weighted by Crippen LogP contribution is -2.33. The number of hydrogen-bond donors (Lipinski definition) is 1. The third-order valence-corrected chi connectivity index (χ3v) is 2.45. The summed E-state index contributed by atoms with van der Waals surface area (Å²) in [4.78, 5) is 24.4. The first-order valence-corrected chi connectivity index (χ1v) is 5.84. The molecular weight excluding hydrogens is 252 g/mol. The number of rotatable bonds is 4. The van der Waals surface area contributed by atoms with Crippen LogP contribution in [0, 0.1) is 0 Å². The van der Waals surface area contributed by atoms with Crippen molar-refractivity contribution in [3.8, 4) is 0 Å². The molecule has 96 valence electrons. The molecule has 1 aromatic carbocycles. The number of benzene rings is 1. The monoisotopic (exact) mass is 266 g/mol. The zero-order chi connectivity index (χ0) is 13.5. The highest BCUT2D eigenvalue weighted by Crippen LogP contribution is 2.13. The molecule has 2 amide bonds. The Bertz CT molecular complexity index is 455. The summed E-state index contributed by atoms with van der Waals surface area (Å²) in [5.41, 5.74) is 0.649. The van der Waals surface area contributed by atoms with Crippen LogP contribution < -0.4 is 5.32 Å². The smallest absolute Gasteiger partial charge is 0.246 e. The van der Waals surface area contributed by atoms with Crippen LogP contribution in [0.2, 0.25) is 5.02 Å². The van der Waals surface area contributed by atoms with Crippen LogP contribution in [0.25, 0.3) is 0 Å². The van der Waals surface area contributed by atoms with Gasteiger partial charge in [0.1, 0.15) is 0 Å². The molecule has 0 saturated carbocycles. The average Bonchev–Trinajstić information content (AvgIpc) is 2.32. The number of anilines is 1. The fraction of sp³-hybridized carbons (Fsp3) is 0.231. The van der Waals surface area contributed by atoms with Gasteiger partial charge in [-0.2, -0.15) is 0 Å². The van der Waals surface area contributed by atoms with E-state index in [9.17, 15) is 9.59 Å². The van der Waals surface area contributed by atoms with Crippen LogP contribution in [0.1, 0.15) is 6.92 Å². The first-order chi connectivity index (χ1) is 8.52. The van der Waals surface area contributed by atoms with Crippen LogP contribution in [0.4, 0.5) is 5.69 Å². The van der Waals surface area contributed by atoms with Gasteiger partial charge in [0.15, 0.2) is 0 Å². The predicted molar refractivity (Wildman–Crippen MR) is 72.5 cm³/mol. The Kier molecular flexibility index (Phi) is 5.39. The van der Waals surface area contributed by atoms with Crippen LogP contribution in [-0.2, 0) is 9.59 Å². The summed E-state index contributed by atoms with van der Waals surface area (Å²) < 4.78 is 0. The van der Waals surface area contributed by atoms with E-state index in [1.807, 2.05) is 0 Å². The number of hydrogen-bond acceptors (Lipinski definition) is 2. The second kappa shape index (κ2) is 6.81. The quantitative estimate of drug-likeness (QED) is 0.851. The Morgan fingerprint density at radius 1 is 1.33 bits per heavy atom. The van der Waals surface area contributed by atoms with Crippen molar-refractivity contribution in [3.05, 3.63) is 41.4 Å². The molecule has 0 heterocycles. The van der Waals surface area contributed by atoms with Crippen molar-refractivity contribution in [1.29, 1.82) is 0 Å². The zero-order valence-electron chi connectivity index (χ0n) is 10.3. The minimum atomic E-state index is -0.252. The molecule has 1 rings (SSSR count). The van der Waals surface area contributed by atoms with Crippen molar-refractivity contribution in [1.82, 2.24) is 4.90 Å². The minimum Gasteiger partial charge on any atom is -0.333 e. The second-order valence-electron chi connectivity index (χ2n) is 3.75. The normalized spacial score (nSPS) is 10.4. The third kappa shape index (κ3) is 4.59. The molecule has 18 heavy (non-hydrogen) atoms. The van der Waals surface area contributed by atoms with Crippen LogP contribution in [0.15, 0.2) is 36.4 Å². The summed E-state index contributed by atoms with van der Waals surface area (Å²) in [5.74, 6) is -0.457. The fourth-order valence-electron chi connectivity index (χ4n) is 1.30. The Labute approximate surface area is 111 Å². The van der Waals surface area contributed by atoms with Gasteiger partial charge in [0.2, 0.25) is 11.8 Å². The number of allylic oxidation sites excluding steroid dienone is 1. The number of carbonyl (C=O) groups is 2. The number of carbonyl (C=O) groups excluding carboxylic acids is 2. The molecule has 0 atom stereocenters. The number of amides is 2. The van der Waals surface area contributed by atoms with E-state index in [2.05, 4.69) is 5.32 Å². The van der Waals surface area contributed by atoms with Crippen LogP contribution >= 0.6 is 11.6 Å². The highest BCUT2D eigenvalue weighted by atomic mass is 35.5. The van der Waals surface area contributed by atoms with E-state index in [1.165, 1.54) is 11.0 Å². The van der Waals surface area contributed by atoms with Gasteiger partial charge >= 0.3 is 0 Å². The van der Waals surface area contributed by atoms with Gasteiger partial charge in [-0.3, -0.25) is 9.59 Å². The van der Waals surface area contributed by atoms with E-state index in [0.29, 0.717) is 10.7 Å². The molecule has 0 aromatic heterocycles. The number of halogens is 1. The molecule has 1 aromatic rings. The van der Waals surface area contributed by atoms with Crippen molar-refractivity contribution < 1.29 is 9.59 Å². The molecule has 0 aliphatic rings. The van der Waals surface area contributed by atoms with Crippen LogP contribution in [0.5, 0.6) is 0 Å². The van der Waals surface area contributed by atoms with Gasteiger partial charge in [-0.25, -0.2) is 0 Å². The Balaban J connectivity index is 2.51. The van der Waals surface area contributed by atoms with E-state index in [-0.39, 0.29) is 18.4 Å². The van der Waals surface area contributed by atoms with Gasteiger partial charge in [-0.1, -0.05) is 17.7 Å². The molecule has 1 N–H and O–H groups in total.